The van der Waals surface area contributed by atoms with Crippen molar-refractivity contribution in [1.82, 2.24) is 10.2 Å². The molecule has 1 amide bonds. The minimum absolute atomic E-state index is 0. The van der Waals surface area contributed by atoms with Crippen LogP contribution < -0.4 is 5.32 Å². The van der Waals surface area contributed by atoms with Crippen molar-refractivity contribution in [2.45, 2.75) is 18.9 Å². The molecule has 1 saturated heterocycles. The summed E-state index contributed by atoms with van der Waals surface area (Å²) in [6, 6.07) is 4.21. The van der Waals surface area contributed by atoms with Crippen LogP contribution in [0.5, 0.6) is 0 Å². The third-order valence-corrected chi connectivity index (χ3v) is 3.32. The quantitative estimate of drug-likeness (QED) is 0.920. The van der Waals surface area contributed by atoms with Gasteiger partial charge in [0.15, 0.2) is 11.6 Å². The van der Waals surface area contributed by atoms with E-state index in [4.69, 9.17) is 0 Å². The van der Waals surface area contributed by atoms with Gasteiger partial charge in [0.1, 0.15) is 0 Å². The van der Waals surface area contributed by atoms with Crippen LogP contribution in [0.3, 0.4) is 0 Å². The summed E-state index contributed by atoms with van der Waals surface area (Å²) < 4.78 is 26.4. The van der Waals surface area contributed by atoms with Crippen LogP contribution in [0, 0.1) is 11.6 Å². The van der Waals surface area contributed by atoms with Gasteiger partial charge in [-0.25, -0.2) is 8.78 Å². The number of rotatable bonds is 3. The highest BCUT2D eigenvalue weighted by Crippen LogP contribution is 2.15. The SMILES string of the molecule is CNC1CCN(C(=O)Cc2cccc(F)c2F)C1.Cl. The Balaban J connectivity index is 0.00000180. The fourth-order valence-electron chi connectivity index (χ4n) is 2.18. The zero-order valence-electron chi connectivity index (χ0n) is 10.7. The molecule has 0 aliphatic carbocycles. The second kappa shape index (κ2) is 6.82. The summed E-state index contributed by atoms with van der Waals surface area (Å²) >= 11 is 0. The van der Waals surface area contributed by atoms with Crippen molar-refractivity contribution in [3.05, 3.63) is 35.4 Å². The van der Waals surface area contributed by atoms with E-state index in [1.165, 1.54) is 12.1 Å². The van der Waals surface area contributed by atoms with Crippen LogP contribution in [0.15, 0.2) is 18.2 Å². The molecule has 106 valence electrons. The number of likely N-dealkylation sites (N-methyl/N-ethyl adjacent to an activating group) is 1. The number of nitrogens with one attached hydrogen (secondary N) is 1. The van der Waals surface area contributed by atoms with Crippen molar-refractivity contribution in [2.24, 2.45) is 0 Å². The minimum Gasteiger partial charge on any atom is -0.341 e. The average Bonchev–Trinajstić information content (AvgIpc) is 2.83. The van der Waals surface area contributed by atoms with Gasteiger partial charge in [0.25, 0.3) is 0 Å². The summed E-state index contributed by atoms with van der Waals surface area (Å²) in [5, 5.41) is 3.11. The molecule has 0 saturated carbocycles. The van der Waals surface area contributed by atoms with Gasteiger partial charge in [0.05, 0.1) is 6.42 Å². The number of carbonyl (C=O) groups excluding carboxylic acids is 1. The van der Waals surface area contributed by atoms with Crippen molar-refractivity contribution in [3.63, 3.8) is 0 Å². The smallest absolute Gasteiger partial charge is 0.227 e. The third kappa shape index (κ3) is 3.64. The Kier molecular flexibility index (Phi) is 5.69. The Morgan fingerprint density at radius 1 is 1.47 bits per heavy atom. The summed E-state index contributed by atoms with van der Waals surface area (Å²) in [5.74, 6) is -1.98. The highest BCUT2D eigenvalue weighted by Gasteiger charge is 2.25. The molecule has 0 radical (unpaired) electrons. The molecule has 0 aromatic heterocycles. The van der Waals surface area contributed by atoms with Crippen molar-refractivity contribution < 1.29 is 13.6 Å². The van der Waals surface area contributed by atoms with E-state index in [2.05, 4.69) is 5.32 Å². The number of carbonyl (C=O) groups is 1. The molecule has 1 aliphatic rings. The number of benzene rings is 1. The van der Waals surface area contributed by atoms with Gasteiger partial charge in [-0.1, -0.05) is 12.1 Å². The van der Waals surface area contributed by atoms with Crippen LogP contribution in [-0.2, 0) is 11.2 Å². The first-order valence-corrected chi connectivity index (χ1v) is 5.99. The molecule has 0 bridgehead atoms. The summed E-state index contributed by atoms with van der Waals surface area (Å²) in [6.45, 7) is 1.30. The Bertz CT molecular complexity index is 456. The molecule has 1 heterocycles. The van der Waals surface area contributed by atoms with Crippen molar-refractivity contribution in [1.29, 1.82) is 0 Å². The standard InChI is InChI=1S/C13H16F2N2O.ClH/c1-16-10-5-6-17(8-10)12(18)7-9-3-2-4-11(14)13(9)15;/h2-4,10,16H,5-8H2,1H3;1H. The van der Waals surface area contributed by atoms with Gasteiger partial charge in [0, 0.05) is 24.7 Å². The molecule has 1 aromatic rings. The lowest BCUT2D eigenvalue weighted by atomic mass is 10.1. The maximum atomic E-state index is 13.4. The molecule has 1 atom stereocenters. The predicted octanol–water partition coefficient (Wildman–Crippen LogP) is 1.75. The fraction of sp³-hybridized carbons (Fsp3) is 0.462. The first-order chi connectivity index (χ1) is 8.61. The lowest BCUT2D eigenvalue weighted by Gasteiger charge is -2.16. The van der Waals surface area contributed by atoms with Crippen molar-refractivity contribution in [3.8, 4) is 0 Å². The molecule has 1 N–H and O–H groups in total. The molecule has 19 heavy (non-hydrogen) atoms. The molecule has 1 fully saturated rings. The van der Waals surface area contributed by atoms with Gasteiger partial charge >= 0.3 is 0 Å². The van der Waals surface area contributed by atoms with Gasteiger partial charge < -0.3 is 10.2 Å². The first-order valence-electron chi connectivity index (χ1n) is 5.99. The molecular formula is C13H17ClF2N2O. The lowest BCUT2D eigenvalue weighted by Crippen LogP contribution is -2.34. The number of hydrogen-bond acceptors (Lipinski definition) is 2. The van der Waals surface area contributed by atoms with Gasteiger partial charge in [-0.2, -0.15) is 0 Å². The highest BCUT2D eigenvalue weighted by molar-refractivity contribution is 5.85. The molecule has 1 aromatic carbocycles. The largest absolute Gasteiger partial charge is 0.341 e. The zero-order chi connectivity index (χ0) is 13.1. The van der Waals surface area contributed by atoms with Crippen LogP contribution in [0.1, 0.15) is 12.0 Å². The second-order valence-corrected chi connectivity index (χ2v) is 4.50. The van der Waals surface area contributed by atoms with E-state index in [1.807, 2.05) is 7.05 Å². The number of amides is 1. The van der Waals surface area contributed by atoms with Gasteiger partial charge in [-0.3, -0.25) is 4.79 Å². The second-order valence-electron chi connectivity index (χ2n) is 4.50. The number of likely N-dealkylation sites (tertiary alicyclic amines) is 1. The molecule has 3 nitrogen and oxygen atoms in total. The highest BCUT2D eigenvalue weighted by atomic mass is 35.5. The number of nitrogens with zero attached hydrogens (tertiary/aromatic N) is 1. The van der Waals surface area contributed by atoms with Crippen molar-refractivity contribution >= 4 is 18.3 Å². The molecule has 2 rings (SSSR count). The maximum Gasteiger partial charge on any atom is 0.227 e. The summed E-state index contributed by atoms with van der Waals surface area (Å²) in [5.41, 5.74) is 0.118. The first kappa shape index (κ1) is 15.9. The number of halogens is 3. The molecule has 1 unspecified atom stereocenters. The molecule has 1 aliphatic heterocycles. The van der Waals surface area contributed by atoms with E-state index in [0.717, 1.165) is 12.5 Å². The zero-order valence-corrected chi connectivity index (χ0v) is 11.5. The van der Waals surface area contributed by atoms with Crippen LogP contribution in [0.4, 0.5) is 8.78 Å². The maximum absolute atomic E-state index is 13.4. The summed E-state index contributed by atoms with van der Waals surface area (Å²) in [6.07, 6.45) is 0.813. The Morgan fingerprint density at radius 2 is 2.21 bits per heavy atom. The van der Waals surface area contributed by atoms with E-state index >= 15 is 0 Å². The van der Waals surface area contributed by atoms with Gasteiger partial charge in [-0.05, 0) is 19.5 Å². The van der Waals surface area contributed by atoms with Crippen LogP contribution in [-0.4, -0.2) is 37.0 Å². The van der Waals surface area contributed by atoms with Crippen LogP contribution in [0.2, 0.25) is 0 Å². The van der Waals surface area contributed by atoms with Crippen LogP contribution >= 0.6 is 12.4 Å². The van der Waals surface area contributed by atoms with E-state index in [0.29, 0.717) is 19.1 Å². The summed E-state index contributed by atoms with van der Waals surface area (Å²) in [4.78, 5) is 13.6. The molecule has 0 spiro atoms. The summed E-state index contributed by atoms with van der Waals surface area (Å²) in [7, 11) is 1.85. The third-order valence-electron chi connectivity index (χ3n) is 3.32. The Labute approximate surface area is 117 Å². The van der Waals surface area contributed by atoms with Gasteiger partial charge in [-0.15, -0.1) is 12.4 Å². The van der Waals surface area contributed by atoms with E-state index in [-0.39, 0.29) is 30.3 Å². The normalized spacial score (nSPS) is 18.3. The van der Waals surface area contributed by atoms with Gasteiger partial charge in [0.2, 0.25) is 5.91 Å². The Hall–Kier alpha value is -1.20. The topological polar surface area (TPSA) is 32.3 Å². The molecular weight excluding hydrogens is 274 g/mol. The van der Waals surface area contributed by atoms with E-state index in [1.54, 1.807) is 4.90 Å². The van der Waals surface area contributed by atoms with Crippen LogP contribution in [0.25, 0.3) is 0 Å². The Morgan fingerprint density at radius 3 is 2.84 bits per heavy atom. The predicted molar refractivity (Wildman–Crippen MR) is 71.4 cm³/mol. The monoisotopic (exact) mass is 290 g/mol. The minimum atomic E-state index is -0.921. The lowest BCUT2D eigenvalue weighted by molar-refractivity contribution is -0.129. The van der Waals surface area contributed by atoms with Crippen molar-refractivity contribution in [2.75, 3.05) is 20.1 Å². The number of hydrogen-bond donors (Lipinski definition) is 1. The van der Waals surface area contributed by atoms with E-state index in [9.17, 15) is 13.6 Å². The van der Waals surface area contributed by atoms with E-state index < -0.39 is 11.6 Å². The molecule has 6 heteroatoms. The average molecular weight is 291 g/mol. The fourth-order valence-corrected chi connectivity index (χ4v) is 2.18.